The maximum absolute atomic E-state index is 13.1. The van der Waals surface area contributed by atoms with E-state index in [1.165, 1.54) is 0 Å². The molecule has 9 heteroatoms. The van der Waals surface area contributed by atoms with Gasteiger partial charge in [-0.25, -0.2) is 12.7 Å². The van der Waals surface area contributed by atoms with Crippen molar-refractivity contribution in [3.8, 4) is 0 Å². The Bertz CT molecular complexity index is 882. The van der Waals surface area contributed by atoms with Gasteiger partial charge < -0.3 is 10.2 Å². The van der Waals surface area contributed by atoms with Crippen LogP contribution in [0.1, 0.15) is 77.6 Å². The molecule has 4 rings (SSSR count). The lowest BCUT2D eigenvalue weighted by Gasteiger charge is -2.52. The summed E-state index contributed by atoms with van der Waals surface area (Å²) in [6.45, 7) is 2.15. The minimum atomic E-state index is -3.70. The number of fused-ring (bicyclic) bond motifs is 2. The third-order valence-electron chi connectivity index (χ3n) is 7.05. The van der Waals surface area contributed by atoms with Crippen LogP contribution in [0, 0.1) is 0 Å². The van der Waals surface area contributed by atoms with E-state index >= 15 is 0 Å². The largest absolute Gasteiger partial charge is 0.338 e. The van der Waals surface area contributed by atoms with Crippen molar-refractivity contribution in [3.05, 3.63) is 12.2 Å². The maximum Gasteiger partial charge on any atom is 0.264 e. The highest BCUT2D eigenvalue weighted by atomic mass is 32.2. The molecule has 1 saturated carbocycles. The monoisotopic (exact) mass is 451 g/mol. The van der Waals surface area contributed by atoms with Crippen LogP contribution in [0.4, 0.5) is 0 Å². The van der Waals surface area contributed by atoms with Crippen molar-refractivity contribution in [1.29, 1.82) is 0 Å². The Morgan fingerprint density at radius 3 is 2.45 bits per heavy atom. The summed E-state index contributed by atoms with van der Waals surface area (Å²) >= 11 is 0. The SMILES string of the molecule is C[C@@]12NC(=O)[C@@H]3CCCN3C(=O)CCCCCCC/C=C\[C@@H]1N(S(=O)(=O)C1CC1)C2=O. The fourth-order valence-electron chi connectivity index (χ4n) is 4.96. The summed E-state index contributed by atoms with van der Waals surface area (Å²) in [7, 11) is -3.70. The summed E-state index contributed by atoms with van der Waals surface area (Å²) < 4.78 is 26.7. The number of β-lactam (4-membered cyclic amide) rings is 1. The number of sulfonamides is 1. The summed E-state index contributed by atoms with van der Waals surface area (Å²) in [6.07, 6.45) is 12.3. The Kier molecular flexibility index (Phi) is 6.16. The van der Waals surface area contributed by atoms with Crippen molar-refractivity contribution < 1.29 is 22.8 Å². The minimum absolute atomic E-state index is 0.00998. The van der Waals surface area contributed by atoms with Gasteiger partial charge in [0.15, 0.2) is 0 Å². The first-order valence-corrected chi connectivity index (χ1v) is 13.1. The zero-order chi connectivity index (χ0) is 22.2. The van der Waals surface area contributed by atoms with Crippen LogP contribution in [-0.2, 0) is 24.4 Å². The van der Waals surface area contributed by atoms with Crippen molar-refractivity contribution in [2.45, 2.75) is 100 Å². The molecule has 31 heavy (non-hydrogen) atoms. The van der Waals surface area contributed by atoms with Crippen molar-refractivity contribution in [1.82, 2.24) is 14.5 Å². The molecule has 0 radical (unpaired) electrons. The van der Waals surface area contributed by atoms with Gasteiger partial charge in [0, 0.05) is 13.0 Å². The molecule has 3 atom stereocenters. The minimum Gasteiger partial charge on any atom is -0.338 e. The highest BCUT2D eigenvalue weighted by Gasteiger charge is 2.64. The van der Waals surface area contributed by atoms with Crippen LogP contribution in [0.2, 0.25) is 0 Å². The van der Waals surface area contributed by atoms with Gasteiger partial charge in [0.1, 0.15) is 11.6 Å². The Labute approximate surface area is 184 Å². The number of nitrogens with one attached hydrogen (secondary N) is 1. The summed E-state index contributed by atoms with van der Waals surface area (Å²) in [5, 5.41) is 2.35. The van der Waals surface area contributed by atoms with Crippen molar-refractivity contribution >= 4 is 27.7 Å². The summed E-state index contributed by atoms with van der Waals surface area (Å²) in [5.41, 5.74) is -1.32. The van der Waals surface area contributed by atoms with Gasteiger partial charge in [-0.1, -0.05) is 31.4 Å². The van der Waals surface area contributed by atoms with Crippen LogP contribution >= 0.6 is 0 Å². The maximum atomic E-state index is 13.1. The molecular weight excluding hydrogens is 418 g/mol. The number of hydrogen-bond donors (Lipinski definition) is 1. The fraction of sp³-hybridized carbons (Fsp3) is 0.773. The zero-order valence-electron chi connectivity index (χ0n) is 18.2. The first-order chi connectivity index (χ1) is 14.8. The third kappa shape index (κ3) is 4.13. The van der Waals surface area contributed by atoms with Gasteiger partial charge in [-0.15, -0.1) is 0 Å². The van der Waals surface area contributed by atoms with Crippen LogP contribution in [0.3, 0.4) is 0 Å². The molecular formula is C22H33N3O5S. The molecule has 3 fully saturated rings. The second-order valence-electron chi connectivity index (χ2n) is 9.46. The van der Waals surface area contributed by atoms with Crippen LogP contribution in [0.5, 0.6) is 0 Å². The quantitative estimate of drug-likeness (QED) is 0.510. The summed E-state index contributed by atoms with van der Waals surface area (Å²) in [4.78, 5) is 40.5. The number of carbonyl (C=O) groups is 3. The number of hydrogen-bond acceptors (Lipinski definition) is 5. The van der Waals surface area contributed by atoms with Crippen molar-refractivity contribution in [3.63, 3.8) is 0 Å². The van der Waals surface area contributed by atoms with E-state index in [4.69, 9.17) is 0 Å². The molecule has 0 unspecified atom stereocenters. The summed E-state index contributed by atoms with van der Waals surface area (Å²) in [6, 6.07) is -1.32. The van der Waals surface area contributed by atoms with Gasteiger partial charge in [-0.05, 0) is 51.9 Å². The van der Waals surface area contributed by atoms with Gasteiger partial charge >= 0.3 is 0 Å². The zero-order valence-corrected chi connectivity index (χ0v) is 19.0. The predicted octanol–water partition coefficient (Wildman–Crippen LogP) is 1.86. The highest BCUT2D eigenvalue weighted by molar-refractivity contribution is 7.90. The van der Waals surface area contributed by atoms with Crippen molar-refractivity contribution in [2.24, 2.45) is 0 Å². The Hall–Kier alpha value is -1.90. The van der Waals surface area contributed by atoms with E-state index < -0.39 is 38.8 Å². The molecule has 4 aliphatic rings. The summed E-state index contributed by atoms with van der Waals surface area (Å²) in [5.74, 6) is -0.959. The molecule has 8 nitrogen and oxygen atoms in total. The van der Waals surface area contributed by atoms with Crippen LogP contribution < -0.4 is 5.32 Å². The Morgan fingerprint density at radius 2 is 1.71 bits per heavy atom. The first-order valence-electron chi connectivity index (χ1n) is 11.6. The predicted molar refractivity (Wildman–Crippen MR) is 115 cm³/mol. The number of carbonyl (C=O) groups excluding carboxylic acids is 3. The van der Waals surface area contributed by atoms with Gasteiger partial charge in [-0.3, -0.25) is 14.4 Å². The Balaban J connectivity index is 1.59. The topological polar surface area (TPSA) is 104 Å². The number of rotatable bonds is 2. The average Bonchev–Trinajstić information content (AvgIpc) is 3.48. The standard InChI is InChI=1S/C22H33N3O5S/c1-22-18(25(21(22)28)31(29,30)16-13-14-16)11-7-5-3-2-4-6-8-12-19(26)24-15-9-10-17(24)20(27)23-22/h7,11,16-18H,2-6,8-10,12-15H2,1H3,(H,23,27)/b11-7-/t17-,18-,22+/m0/s1. The Morgan fingerprint density at radius 1 is 1.00 bits per heavy atom. The second kappa shape index (κ2) is 8.56. The highest BCUT2D eigenvalue weighted by Crippen LogP contribution is 2.41. The fourth-order valence-corrected chi connectivity index (χ4v) is 7.03. The van der Waals surface area contributed by atoms with Crippen LogP contribution in [0.15, 0.2) is 12.2 Å². The number of nitrogens with zero attached hydrogens (tertiary/aromatic N) is 2. The molecule has 1 aliphatic carbocycles. The number of allylic oxidation sites excluding steroid dienone is 1. The van der Waals surface area contributed by atoms with Crippen molar-refractivity contribution in [2.75, 3.05) is 6.54 Å². The molecule has 3 heterocycles. The van der Waals surface area contributed by atoms with E-state index in [9.17, 15) is 22.8 Å². The lowest BCUT2D eigenvalue weighted by atomic mass is 9.82. The van der Waals surface area contributed by atoms with Gasteiger partial charge in [0.2, 0.25) is 21.8 Å². The molecule has 0 aromatic heterocycles. The van der Waals surface area contributed by atoms with E-state index in [0.29, 0.717) is 32.2 Å². The first kappa shape index (κ1) is 22.3. The average molecular weight is 452 g/mol. The lowest BCUT2D eigenvalue weighted by molar-refractivity contribution is -0.153. The van der Waals surface area contributed by atoms with Crippen LogP contribution in [0.25, 0.3) is 0 Å². The molecule has 0 spiro atoms. The van der Waals surface area contributed by atoms with Gasteiger partial charge in [0.05, 0.1) is 11.3 Å². The molecule has 3 amide bonds. The van der Waals surface area contributed by atoms with E-state index in [1.807, 2.05) is 6.08 Å². The number of amides is 3. The molecule has 0 aromatic carbocycles. The van der Waals surface area contributed by atoms with E-state index in [0.717, 1.165) is 49.3 Å². The molecule has 2 saturated heterocycles. The molecule has 0 aromatic rings. The third-order valence-corrected chi connectivity index (χ3v) is 9.30. The normalized spacial score (nSPS) is 34.5. The molecule has 172 valence electrons. The smallest absolute Gasteiger partial charge is 0.264 e. The molecule has 3 aliphatic heterocycles. The second-order valence-corrected chi connectivity index (χ2v) is 11.6. The van der Waals surface area contributed by atoms with Crippen LogP contribution in [-0.4, -0.2) is 64.8 Å². The lowest BCUT2D eigenvalue weighted by Crippen LogP contribution is -2.80. The van der Waals surface area contributed by atoms with E-state index in [-0.39, 0.29) is 11.8 Å². The van der Waals surface area contributed by atoms with E-state index in [2.05, 4.69) is 5.32 Å². The van der Waals surface area contributed by atoms with Gasteiger partial charge in [-0.2, -0.15) is 0 Å². The molecule has 1 N–H and O–H groups in total. The molecule has 0 bridgehead atoms. The van der Waals surface area contributed by atoms with Gasteiger partial charge in [0.25, 0.3) is 5.91 Å². The van der Waals surface area contributed by atoms with E-state index in [1.54, 1.807) is 17.9 Å².